The first-order valence-corrected chi connectivity index (χ1v) is 7.12. The lowest BCUT2D eigenvalue weighted by Crippen LogP contribution is -2.03. The second kappa shape index (κ2) is 7.21. The van der Waals surface area contributed by atoms with Gasteiger partial charge in [0.15, 0.2) is 5.78 Å². The van der Waals surface area contributed by atoms with Gasteiger partial charge in [-0.1, -0.05) is 36.5 Å². The van der Waals surface area contributed by atoms with Gasteiger partial charge in [-0.05, 0) is 30.4 Å². The Morgan fingerprint density at radius 2 is 2.12 bits per heavy atom. The van der Waals surface area contributed by atoms with Crippen molar-refractivity contribution in [2.75, 3.05) is 11.5 Å². The Balaban J connectivity index is 2.55. The monoisotopic (exact) mass is 276 g/mol. The average molecular weight is 277 g/mol. The van der Waals surface area contributed by atoms with Crippen molar-refractivity contribution in [2.45, 2.75) is 19.8 Å². The van der Waals surface area contributed by atoms with Crippen molar-refractivity contribution in [1.82, 2.24) is 0 Å². The lowest BCUT2D eigenvalue weighted by atomic mass is 10.1. The molecule has 0 aromatic heterocycles. The van der Waals surface area contributed by atoms with E-state index in [1.54, 1.807) is 30.0 Å². The molecule has 0 fully saturated rings. The third kappa shape index (κ3) is 4.36. The molecule has 88 valence electrons. The van der Waals surface area contributed by atoms with Crippen LogP contribution in [0.2, 0.25) is 10.0 Å². The Hall–Kier alpha value is -0.180. The fraction of sp³-hybridized carbons (Fsp3) is 0.417. The largest absolute Gasteiger partial charge is 0.293 e. The van der Waals surface area contributed by atoms with Crippen molar-refractivity contribution in [1.29, 1.82) is 0 Å². The molecule has 0 unspecified atom stereocenters. The average Bonchev–Trinajstić information content (AvgIpc) is 2.27. The zero-order valence-electron chi connectivity index (χ0n) is 9.13. The van der Waals surface area contributed by atoms with Crippen LogP contribution in [0.4, 0.5) is 0 Å². The van der Waals surface area contributed by atoms with E-state index in [2.05, 4.69) is 6.92 Å². The van der Waals surface area contributed by atoms with Gasteiger partial charge in [0.25, 0.3) is 0 Å². The predicted molar refractivity (Wildman–Crippen MR) is 73.0 cm³/mol. The third-order valence-electron chi connectivity index (χ3n) is 2.10. The van der Waals surface area contributed by atoms with Gasteiger partial charge >= 0.3 is 0 Å². The molecule has 1 aromatic carbocycles. The Labute approximate surface area is 111 Å². The number of ketones is 1. The van der Waals surface area contributed by atoms with E-state index in [-0.39, 0.29) is 5.78 Å². The summed E-state index contributed by atoms with van der Waals surface area (Å²) in [6.45, 7) is 2.14. The van der Waals surface area contributed by atoms with Gasteiger partial charge in [-0.15, -0.1) is 0 Å². The number of hydrogen-bond acceptors (Lipinski definition) is 2. The summed E-state index contributed by atoms with van der Waals surface area (Å²) in [6, 6.07) is 4.98. The van der Waals surface area contributed by atoms with Gasteiger partial charge < -0.3 is 0 Å². The second-order valence-corrected chi connectivity index (χ2v) is 5.40. The summed E-state index contributed by atoms with van der Waals surface area (Å²) >= 11 is 13.4. The maximum atomic E-state index is 11.8. The van der Waals surface area contributed by atoms with Gasteiger partial charge in [-0.2, -0.15) is 11.8 Å². The highest BCUT2D eigenvalue weighted by molar-refractivity contribution is 7.99. The maximum Gasteiger partial charge on any atom is 0.174 e. The summed E-state index contributed by atoms with van der Waals surface area (Å²) in [5, 5.41) is 1.02. The molecule has 0 saturated heterocycles. The van der Waals surface area contributed by atoms with Gasteiger partial charge in [0.1, 0.15) is 0 Å². The van der Waals surface area contributed by atoms with Crippen LogP contribution >= 0.6 is 35.0 Å². The fourth-order valence-corrected chi connectivity index (χ4v) is 2.57. The maximum absolute atomic E-state index is 11.8. The molecule has 0 radical (unpaired) electrons. The first kappa shape index (κ1) is 13.9. The Morgan fingerprint density at radius 1 is 1.38 bits per heavy atom. The number of unbranched alkanes of at least 4 members (excludes halogenated alkanes) is 1. The Morgan fingerprint density at radius 3 is 2.81 bits per heavy atom. The molecule has 0 saturated carbocycles. The van der Waals surface area contributed by atoms with Crippen molar-refractivity contribution in [3.63, 3.8) is 0 Å². The summed E-state index contributed by atoms with van der Waals surface area (Å²) in [5.41, 5.74) is 0.526. The van der Waals surface area contributed by atoms with E-state index >= 15 is 0 Å². The number of hydrogen-bond donors (Lipinski definition) is 0. The number of carbonyl (C=O) groups excluding carboxylic acids is 1. The highest BCUT2D eigenvalue weighted by Crippen LogP contribution is 2.22. The standard InChI is InChI=1S/C12H14Cl2OS/c1-2-3-6-16-8-12(15)10-7-9(13)4-5-11(10)14/h4-5,7H,2-3,6,8H2,1H3. The lowest BCUT2D eigenvalue weighted by Gasteiger charge is -2.04. The molecule has 0 spiro atoms. The summed E-state index contributed by atoms with van der Waals surface area (Å²) in [6.07, 6.45) is 2.29. The summed E-state index contributed by atoms with van der Waals surface area (Å²) < 4.78 is 0. The molecule has 4 heteroatoms. The van der Waals surface area contributed by atoms with Gasteiger partial charge in [0, 0.05) is 10.6 Å². The van der Waals surface area contributed by atoms with E-state index in [1.807, 2.05) is 0 Å². The van der Waals surface area contributed by atoms with Crippen LogP contribution in [0.15, 0.2) is 18.2 Å². The van der Waals surface area contributed by atoms with Gasteiger partial charge in [0.05, 0.1) is 10.8 Å². The lowest BCUT2D eigenvalue weighted by molar-refractivity contribution is 0.102. The summed E-state index contributed by atoms with van der Waals surface area (Å²) in [5.74, 6) is 1.54. The molecule has 0 aliphatic heterocycles. The van der Waals surface area contributed by atoms with Crippen LogP contribution in [-0.4, -0.2) is 17.3 Å². The van der Waals surface area contributed by atoms with Crippen molar-refractivity contribution < 1.29 is 4.79 Å². The number of Topliss-reactive ketones (excluding diaryl/α,β-unsaturated/α-hetero) is 1. The molecule has 1 rings (SSSR count). The Kier molecular flexibility index (Phi) is 6.25. The molecule has 0 N–H and O–H groups in total. The topological polar surface area (TPSA) is 17.1 Å². The number of benzene rings is 1. The molecule has 0 aliphatic rings. The zero-order valence-corrected chi connectivity index (χ0v) is 11.5. The van der Waals surface area contributed by atoms with E-state index < -0.39 is 0 Å². The number of thioether (sulfide) groups is 1. The highest BCUT2D eigenvalue weighted by Gasteiger charge is 2.10. The summed E-state index contributed by atoms with van der Waals surface area (Å²) in [4.78, 5) is 11.8. The molecule has 16 heavy (non-hydrogen) atoms. The SMILES string of the molecule is CCCCSCC(=O)c1cc(Cl)ccc1Cl. The van der Waals surface area contributed by atoms with E-state index in [9.17, 15) is 4.79 Å². The first-order chi connectivity index (χ1) is 7.65. The van der Waals surface area contributed by atoms with Crippen molar-refractivity contribution in [3.05, 3.63) is 33.8 Å². The van der Waals surface area contributed by atoms with Crippen LogP contribution in [-0.2, 0) is 0 Å². The number of halogens is 2. The molecular weight excluding hydrogens is 263 g/mol. The van der Waals surface area contributed by atoms with Gasteiger partial charge in [0.2, 0.25) is 0 Å². The minimum absolute atomic E-state index is 0.0496. The van der Waals surface area contributed by atoms with Crippen LogP contribution in [0, 0.1) is 0 Å². The van der Waals surface area contributed by atoms with Gasteiger partial charge in [-0.3, -0.25) is 4.79 Å². The van der Waals surface area contributed by atoms with Crippen LogP contribution in [0.3, 0.4) is 0 Å². The molecule has 0 atom stereocenters. The number of carbonyl (C=O) groups is 1. The number of rotatable bonds is 6. The van der Waals surface area contributed by atoms with Gasteiger partial charge in [-0.25, -0.2) is 0 Å². The molecule has 0 heterocycles. The molecular formula is C12H14Cl2OS. The smallest absolute Gasteiger partial charge is 0.174 e. The molecule has 1 aromatic rings. The van der Waals surface area contributed by atoms with Crippen molar-refractivity contribution in [3.8, 4) is 0 Å². The zero-order chi connectivity index (χ0) is 12.0. The normalized spacial score (nSPS) is 10.4. The third-order valence-corrected chi connectivity index (χ3v) is 3.71. The van der Waals surface area contributed by atoms with E-state index in [0.29, 0.717) is 21.4 Å². The second-order valence-electron chi connectivity index (χ2n) is 3.45. The predicted octanol–water partition coefficient (Wildman–Crippen LogP) is 4.71. The van der Waals surface area contributed by atoms with Crippen LogP contribution in [0.5, 0.6) is 0 Å². The molecule has 0 bridgehead atoms. The minimum Gasteiger partial charge on any atom is -0.293 e. The van der Waals surface area contributed by atoms with Crippen LogP contribution in [0.25, 0.3) is 0 Å². The van der Waals surface area contributed by atoms with E-state index in [1.165, 1.54) is 0 Å². The van der Waals surface area contributed by atoms with Crippen molar-refractivity contribution in [2.24, 2.45) is 0 Å². The van der Waals surface area contributed by atoms with E-state index in [4.69, 9.17) is 23.2 Å². The molecule has 0 amide bonds. The first-order valence-electron chi connectivity index (χ1n) is 5.21. The fourth-order valence-electron chi connectivity index (χ4n) is 1.20. The van der Waals surface area contributed by atoms with E-state index in [0.717, 1.165) is 18.6 Å². The quantitative estimate of drug-likeness (QED) is 0.553. The molecule has 1 nitrogen and oxygen atoms in total. The summed E-state index contributed by atoms with van der Waals surface area (Å²) in [7, 11) is 0. The highest BCUT2D eigenvalue weighted by atomic mass is 35.5. The van der Waals surface area contributed by atoms with Crippen LogP contribution < -0.4 is 0 Å². The Bertz CT molecular complexity index is 366. The van der Waals surface area contributed by atoms with Crippen LogP contribution in [0.1, 0.15) is 30.1 Å². The molecule has 0 aliphatic carbocycles. The van der Waals surface area contributed by atoms with Crippen molar-refractivity contribution >= 4 is 40.7 Å². The minimum atomic E-state index is 0.0496.